The zero-order valence-electron chi connectivity index (χ0n) is 13.3. The van der Waals surface area contributed by atoms with Crippen molar-refractivity contribution in [2.45, 2.75) is 31.2 Å². The second-order valence-electron chi connectivity index (χ2n) is 6.03. The molecule has 3 rings (SSSR count). The number of carbonyl (C=O) groups excluding carboxylic acids is 1. The second-order valence-corrected chi connectivity index (χ2v) is 6.03. The molecular weight excluding hydrogens is 286 g/mol. The number of amides is 1. The molecule has 120 valence electrons. The number of carbonyl (C=O) groups is 1. The molecule has 2 aromatic rings. The molecule has 0 bridgehead atoms. The van der Waals surface area contributed by atoms with Crippen LogP contribution in [0.4, 0.5) is 0 Å². The van der Waals surface area contributed by atoms with Gasteiger partial charge in [0.1, 0.15) is 0 Å². The number of hydrogen-bond donors (Lipinski definition) is 1. The summed E-state index contributed by atoms with van der Waals surface area (Å²) in [6.45, 7) is 1.48. The van der Waals surface area contributed by atoms with E-state index >= 15 is 0 Å². The molecule has 2 aromatic carbocycles. The maximum absolute atomic E-state index is 12.5. The number of ether oxygens (including phenoxy) is 1. The van der Waals surface area contributed by atoms with E-state index in [4.69, 9.17) is 4.74 Å². The fourth-order valence-electron chi connectivity index (χ4n) is 3.11. The standard InChI is InChI=1S/C20H23NO2/c22-20(21-18-11-13-23-14-12-18)15-19(16-7-3-1-4-8-16)17-9-5-2-6-10-17/h1-10,18-19H,11-15H2,(H,21,22). The molecule has 0 aliphatic carbocycles. The van der Waals surface area contributed by atoms with Crippen molar-refractivity contribution >= 4 is 5.91 Å². The van der Waals surface area contributed by atoms with Crippen molar-refractivity contribution in [2.75, 3.05) is 13.2 Å². The van der Waals surface area contributed by atoms with Crippen molar-refractivity contribution in [3.05, 3.63) is 71.8 Å². The summed E-state index contributed by atoms with van der Waals surface area (Å²) in [4.78, 5) is 12.5. The molecule has 1 aliphatic heterocycles. The minimum Gasteiger partial charge on any atom is -0.381 e. The van der Waals surface area contributed by atoms with E-state index in [0.29, 0.717) is 6.42 Å². The van der Waals surface area contributed by atoms with Crippen molar-refractivity contribution in [2.24, 2.45) is 0 Å². The van der Waals surface area contributed by atoms with Crippen molar-refractivity contribution in [1.82, 2.24) is 5.32 Å². The fourth-order valence-corrected chi connectivity index (χ4v) is 3.11. The van der Waals surface area contributed by atoms with Gasteiger partial charge in [-0.2, -0.15) is 0 Å². The lowest BCUT2D eigenvalue weighted by Gasteiger charge is -2.24. The van der Waals surface area contributed by atoms with Gasteiger partial charge in [0.05, 0.1) is 0 Å². The molecule has 0 aromatic heterocycles. The number of hydrogen-bond acceptors (Lipinski definition) is 2. The largest absolute Gasteiger partial charge is 0.381 e. The van der Waals surface area contributed by atoms with Gasteiger partial charge in [-0.15, -0.1) is 0 Å². The van der Waals surface area contributed by atoms with E-state index in [0.717, 1.165) is 26.1 Å². The lowest BCUT2D eigenvalue weighted by molar-refractivity contribution is -0.122. The molecule has 0 atom stereocenters. The Kier molecular flexibility index (Phi) is 5.43. The fraction of sp³-hybridized carbons (Fsp3) is 0.350. The van der Waals surface area contributed by atoms with Gasteiger partial charge in [-0.1, -0.05) is 60.7 Å². The molecule has 1 heterocycles. The van der Waals surface area contributed by atoms with Crippen molar-refractivity contribution in [1.29, 1.82) is 0 Å². The third-order valence-electron chi connectivity index (χ3n) is 4.38. The highest BCUT2D eigenvalue weighted by atomic mass is 16.5. The number of nitrogens with one attached hydrogen (secondary N) is 1. The van der Waals surface area contributed by atoms with Crippen molar-refractivity contribution in [3.8, 4) is 0 Å². The lowest BCUT2D eigenvalue weighted by Crippen LogP contribution is -2.39. The molecular formula is C20H23NO2. The van der Waals surface area contributed by atoms with Crippen LogP contribution in [-0.2, 0) is 9.53 Å². The molecule has 23 heavy (non-hydrogen) atoms. The summed E-state index contributed by atoms with van der Waals surface area (Å²) in [6, 6.07) is 20.8. The Morgan fingerprint density at radius 3 is 2.00 bits per heavy atom. The Morgan fingerprint density at radius 2 is 1.48 bits per heavy atom. The molecule has 0 unspecified atom stereocenters. The van der Waals surface area contributed by atoms with Crippen LogP contribution in [0.5, 0.6) is 0 Å². The van der Waals surface area contributed by atoms with Crippen LogP contribution in [0, 0.1) is 0 Å². The van der Waals surface area contributed by atoms with E-state index in [1.807, 2.05) is 36.4 Å². The molecule has 0 radical (unpaired) electrons. The average molecular weight is 309 g/mol. The van der Waals surface area contributed by atoms with Gasteiger partial charge in [0.25, 0.3) is 0 Å². The van der Waals surface area contributed by atoms with Gasteiger partial charge in [0, 0.05) is 31.6 Å². The van der Waals surface area contributed by atoms with Crippen LogP contribution in [0.1, 0.15) is 36.3 Å². The Labute approximate surface area is 137 Å². The maximum Gasteiger partial charge on any atom is 0.221 e. The van der Waals surface area contributed by atoms with Crippen LogP contribution in [0.3, 0.4) is 0 Å². The van der Waals surface area contributed by atoms with Crippen molar-refractivity contribution < 1.29 is 9.53 Å². The minimum absolute atomic E-state index is 0.0947. The summed E-state index contributed by atoms with van der Waals surface area (Å²) in [5, 5.41) is 3.17. The van der Waals surface area contributed by atoms with E-state index in [-0.39, 0.29) is 17.9 Å². The van der Waals surface area contributed by atoms with Crippen LogP contribution < -0.4 is 5.32 Å². The van der Waals surface area contributed by atoms with Gasteiger partial charge in [-0.3, -0.25) is 4.79 Å². The summed E-state index contributed by atoms with van der Waals surface area (Å²) in [7, 11) is 0. The molecule has 3 nitrogen and oxygen atoms in total. The van der Waals surface area contributed by atoms with Gasteiger partial charge in [-0.25, -0.2) is 0 Å². The zero-order chi connectivity index (χ0) is 15.9. The molecule has 1 fully saturated rings. The normalized spacial score (nSPS) is 15.5. The summed E-state index contributed by atoms with van der Waals surface area (Å²) in [6.07, 6.45) is 2.30. The van der Waals surface area contributed by atoms with Gasteiger partial charge >= 0.3 is 0 Å². The van der Waals surface area contributed by atoms with Crippen LogP contribution in [0.2, 0.25) is 0 Å². The van der Waals surface area contributed by atoms with Crippen LogP contribution in [-0.4, -0.2) is 25.2 Å². The van der Waals surface area contributed by atoms with Gasteiger partial charge < -0.3 is 10.1 Å². The zero-order valence-corrected chi connectivity index (χ0v) is 13.3. The van der Waals surface area contributed by atoms with E-state index < -0.39 is 0 Å². The first-order valence-corrected chi connectivity index (χ1v) is 8.30. The summed E-state index contributed by atoms with van der Waals surface area (Å²) < 4.78 is 5.35. The third-order valence-corrected chi connectivity index (χ3v) is 4.38. The molecule has 1 amide bonds. The van der Waals surface area contributed by atoms with E-state index in [2.05, 4.69) is 29.6 Å². The first-order valence-electron chi connectivity index (χ1n) is 8.30. The van der Waals surface area contributed by atoms with E-state index in [1.54, 1.807) is 0 Å². The SMILES string of the molecule is O=C(CC(c1ccccc1)c1ccccc1)NC1CCOCC1. The summed E-state index contributed by atoms with van der Waals surface area (Å²) in [5.41, 5.74) is 2.36. The van der Waals surface area contributed by atoms with Gasteiger partial charge in [0.2, 0.25) is 5.91 Å². The predicted octanol–water partition coefficient (Wildman–Crippen LogP) is 3.50. The van der Waals surface area contributed by atoms with Gasteiger partial charge in [-0.05, 0) is 24.0 Å². The highest BCUT2D eigenvalue weighted by molar-refractivity contribution is 5.78. The molecule has 1 N–H and O–H groups in total. The molecule has 1 aliphatic rings. The third kappa shape index (κ3) is 4.42. The maximum atomic E-state index is 12.5. The molecule has 3 heteroatoms. The smallest absolute Gasteiger partial charge is 0.221 e. The minimum atomic E-state index is 0.0947. The number of benzene rings is 2. The van der Waals surface area contributed by atoms with Gasteiger partial charge in [0.15, 0.2) is 0 Å². The Bertz CT molecular complexity index is 567. The quantitative estimate of drug-likeness (QED) is 0.918. The molecule has 1 saturated heterocycles. The summed E-state index contributed by atoms with van der Waals surface area (Å²) >= 11 is 0. The predicted molar refractivity (Wildman–Crippen MR) is 91.3 cm³/mol. The van der Waals surface area contributed by atoms with Crippen molar-refractivity contribution in [3.63, 3.8) is 0 Å². The second kappa shape index (κ2) is 7.93. The first-order chi connectivity index (χ1) is 11.3. The molecule has 0 saturated carbocycles. The molecule has 0 spiro atoms. The highest BCUT2D eigenvalue weighted by Gasteiger charge is 2.21. The Balaban J connectivity index is 1.72. The summed E-state index contributed by atoms with van der Waals surface area (Å²) in [5.74, 6) is 0.215. The lowest BCUT2D eigenvalue weighted by atomic mass is 9.88. The average Bonchev–Trinajstić information content (AvgIpc) is 2.62. The van der Waals surface area contributed by atoms with Crippen LogP contribution in [0.15, 0.2) is 60.7 Å². The monoisotopic (exact) mass is 309 g/mol. The number of rotatable bonds is 5. The van der Waals surface area contributed by atoms with Crippen LogP contribution in [0.25, 0.3) is 0 Å². The first kappa shape index (κ1) is 15.8. The topological polar surface area (TPSA) is 38.3 Å². The van der Waals surface area contributed by atoms with E-state index in [9.17, 15) is 4.79 Å². The highest BCUT2D eigenvalue weighted by Crippen LogP contribution is 2.27. The Hall–Kier alpha value is -2.13. The van der Waals surface area contributed by atoms with Crippen LogP contribution >= 0.6 is 0 Å². The van der Waals surface area contributed by atoms with E-state index in [1.165, 1.54) is 11.1 Å². The Morgan fingerprint density at radius 1 is 0.957 bits per heavy atom.